The highest BCUT2D eigenvalue weighted by atomic mass is 79.9. The van der Waals surface area contributed by atoms with Crippen LogP contribution in [0, 0.1) is 31.6 Å². The van der Waals surface area contributed by atoms with E-state index in [0.717, 1.165) is 17.8 Å². The van der Waals surface area contributed by atoms with Crippen molar-refractivity contribution in [3.63, 3.8) is 0 Å². The monoisotopic (exact) mass is 336 g/mol. The number of hydrogen-bond donors (Lipinski definition) is 2. The Balaban J connectivity index is 1.76. The number of halogens is 1. The lowest BCUT2D eigenvalue weighted by molar-refractivity contribution is 0.280. The van der Waals surface area contributed by atoms with Gasteiger partial charge in [0.25, 0.3) is 0 Å². The second-order valence-corrected chi connectivity index (χ2v) is 7.65. The third-order valence-corrected chi connectivity index (χ3v) is 6.74. The number of nitrogens with two attached hydrogens (primary N) is 1. The fourth-order valence-electron chi connectivity index (χ4n) is 4.45. The van der Waals surface area contributed by atoms with E-state index in [1.165, 1.54) is 53.3 Å². The number of aryl methyl sites for hydroxylation is 2. The van der Waals surface area contributed by atoms with Crippen molar-refractivity contribution in [3.05, 3.63) is 33.3 Å². The van der Waals surface area contributed by atoms with Crippen LogP contribution in [0.15, 0.2) is 16.6 Å². The minimum Gasteiger partial charge on any atom is -0.271 e. The molecule has 0 spiro atoms. The van der Waals surface area contributed by atoms with Gasteiger partial charge in [0.1, 0.15) is 0 Å². The van der Waals surface area contributed by atoms with Crippen LogP contribution in [-0.4, -0.2) is 0 Å². The summed E-state index contributed by atoms with van der Waals surface area (Å²) in [6, 6.07) is 4.84. The summed E-state index contributed by atoms with van der Waals surface area (Å²) in [6.45, 7) is 4.32. The lowest BCUT2D eigenvalue weighted by Gasteiger charge is -2.27. The highest BCUT2D eigenvalue weighted by Gasteiger charge is 2.40. The predicted octanol–water partition coefficient (Wildman–Crippen LogP) is 4.40. The van der Waals surface area contributed by atoms with Gasteiger partial charge in [-0.3, -0.25) is 11.3 Å². The number of benzene rings is 1. The van der Waals surface area contributed by atoms with Gasteiger partial charge in [0.15, 0.2) is 0 Å². The summed E-state index contributed by atoms with van der Waals surface area (Å²) in [5, 5.41) is 0. The molecule has 1 aromatic carbocycles. The van der Waals surface area contributed by atoms with E-state index in [9.17, 15) is 0 Å². The molecule has 3 N–H and O–H groups in total. The number of fused-ring (bicyclic) bond motifs is 2. The van der Waals surface area contributed by atoms with Gasteiger partial charge < -0.3 is 0 Å². The van der Waals surface area contributed by atoms with Gasteiger partial charge >= 0.3 is 0 Å². The molecule has 3 rings (SSSR count). The molecule has 2 fully saturated rings. The fourth-order valence-corrected chi connectivity index (χ4v) is 4.68. The molecule has 2 saturated carbocycles. The summed E-state index contributed by atoms with van der Waals surface area (Å²) in [7, 11) is 0. The predicted molar refractivity (Wildman–Crippen MR) is 87.2 cm³/mol. The van der Waals surface area contributed by atoms with Gasteiger partial charge in [-0.15, -0.1) is 0 Å². The smallest absolute Gasteiger partial charge is 0.0462 e. The van der Waals surface area contributed by atoms with Crippen LogP contribution < -0.4 is 11.3 Å². The van der Waals surface area contributed by atoms with Crippen LogP contribution in [0.25, 0.3) is 0 Å². The Hall–Kier alpha value is -0.380. The number of hydrogen-bond acceptors (Lipinski definition) is 2. The zero-order valence-corrected chi connectivity index (χ0v) is 14.0. The zero-order valence-electron chi connectivity index (χ0n) is 12.5. The molecule has 0 radical (unpaired) electrons. The first kappa shape index (κ1) is 14.6. The lowest BCUT2D eigenvalue weighted by atomic mass is 9.82. The molecule has 0 saturated heterocycles. The Morgan fingerprint density at radius 1 is 1.25 bits per heavy atom. The maximum absolute atomic E-state index is 5.86. The maximum Gasteiger partial charge on any atom is 0.0462 e. The molecule has 4 unspecified atom stereocenters. The second-order valence-electron chi connectivity index (χ2n) is 6.86. The van der Waals surface area contributed by atoms with Crippen molar-refractivity contribution in [2.75, 3.05) is 0 Å². The number of nitrogens with one attached hydrogen (secondary N) is 1. The van der Waals surface area contributed by atoms with Crippen LogP contribution in [0.1, 0.15) is 54.8 Å². The van der Waals surface area contributed by atoms with Gasteiger partial charge in [0.05, 0.1) is 0 Å². The largest absolute Gasteiger partial charge is 0.271 e. The Kier molecular flexibility index (Phi) is 4.21. The summed E-state index contributed by atoms with van der Waals surface area (Å²) in [5.41, 5.74) is 7.00. The zero-order chi connectivity index (χ0) is 14.3. The molecular weight excluding hydrogens is 312 g/mol. The van der Waals surface area contributed by atoms with Gasteiger partial charge in [0, 0.05) is 10.5 Å². The molecule has 4 atom stereocenters. The third kappa shape index (κ3) is 2.68. The van der Waals surface area contributed by atoms with E-state index in [2.05, 4.69) is 47.3 Å². The Labute approximate surface area is 130 Å². The lowest BCUT2D eigenvalue weighted by Crippen LogP contribution is -2.31. The summed E-state index contributed by atoms with van der Waals surface area (Å²) in [6.07, 6.45) is 7.01. The van der Waals surface area contributed by atoms with E-state index >= 15 is 0 Å². The molecule has 110 valence electrons. The van der Waals surface area contributed by atoms with E-state index in [4.69, 9.17) is 5.84 Å². The van der Waals surface area contributed by atoms with Crippen LogP contribution in [0.4, 0.5) is 0 Å². The van der Waals surface area contributed by atoms with E-state index < -0.39 is 0 Å². The highest BCUT2D eigenvalue weighted by molar-refractivity contribution is 9.10. The summed E-state index contributed by atoms with van der Waals surface area (Å²) >= 11 is 3.65. The molecule has 2 aliphatic rings. The molecule has 2 nitrogen and oxygen atoms in total. The standard InChI is InChI=1S/C17H25BrN2/c1-10-5-15(6-11(2)17(10)18)16(20-19)9-14-8-12-3-4-13(14)7-12/h5-6,12-14,16,20H,3-4,7-9,19H2,1-2H3. The van der Waals surface area contributed by atoms with Gasteiger partial charge in [-0.1, -0.05) is 34.5 Å². The van der Waals surface area contributed by atoms with Crippen LogP contribution >= 0.6 is 15.9 Å². The molecule has 0 heterocycles. The molecule has 0 amide bonds. The highest BCUT2D eigenvalue weighted by Crippen LogP contribution is 2.51. The Morgan fingerprint density at radius 3 is 2.45 bits per heavy atom. The minimum atomic E-state index is 0.296. The van der Waals surface area contributed by atoms with Gasteiger partial charge in [-0.2, -0.15) is 0 Å². The Bertz CT molecular complexity index is 477. The molecule has 2 bridgehead atoms. The van der Waals surface area contributed by atoms with Crippen molar-refractivity contribution in [3.8, 4) is 0 Å². The van der Waals surface area contributed by atoms with Gasteiger partial charge in [-0.25, -0.2) is 0 Å². The van der Waals surface area contributed by atoms with Crippen molar-refractivity contribution < 1.29 is 0 Å². The van der Waals surface area contributed by atoms with Crippen LogP contribution in [0.3, 0.4) is 0 Å². The molecule has 2 aliphatic carbocycles. The average molecular weight is 337 g/mol. The molecule has 1 aromatic rings. The SMILES string of the molecule is Cc1cc(C(CC2CC3CCC2C3)NN)cc(C)c1Br. The van der Waals surface area contributed by atoms with Crippen LogP contribution in [0.2, 0.25) is 0 Å². The quantitative estimate of drug-likeness (QED) is 0.631. The molecular formula is C17H25BrN2. The Morgan fingerprint density at radius 2 is 1.95 bits per heavy atom. The first-order chi connectivity index (χ1) is 9.58. The van der Waals surface area contributed by atoms with Crippen molar-refractivity contribution in [2.45, 2.75) is 52.0 Å². The van der Waals surface area contributed by atoms with E-state index in [1.54, 1.807) is 0 Å². The van der Waals surface area contributed by atoms with E-state index in [1.807, 2.05) is 0 Å². The normalized spacial score (nSPS) is 29.9. The molecule has 0 aromatic heterocycles. The van der Waals surface area contributed by atoms with Crippen molar-refractivity contribution in [2.24, 2.45) is 23.6 Å². The molecule has 3 heteroatoms. The summed E-state index contributed by atoms with van der Waals surface area (Å²) < 4.78 is 1.22. The third-order valence-electron chi connectivity index (χ3n) is 5.49. The first-order valence-corrected chi connectivity index (χ1v) is 8.60. The molecule has 0 aliphatic heterocycles. The minimum absolute atomic E-state index is 0.296. The topological polar surface area (TPSA) is 38.0 Å². The van der Waals surface area contributed by atoms with E-state index in [-0.39, 0.29) is 0 Å². The summed E-state index contributed by atoms with van der Waals surface area (Å²) in [5.74, 6) is 8.71. The van der Waals surface area contributed by atoms with Crippen molar-refractivity contribution in [1.82, 2.24) is 5.43 Å². The van der Waals surface area contributed by atoms with Gasteiger partial charge in [-0.05, 0) is 74.0 Å². The van der Waals surface area contributed by atoms with Crippen LogP contribution in [0.5, 0.6) is 0 Å². The molecule has 20 heavy (non-hydrogen) atoms. The number of rotatable bonds is 4. The maximum atomic E-state index is 5.86. The average Bonchev–Trinajstić information content (AvgIpc) is 3.04. The van der Waals surface area contributed by atoms with Crippen LogP contribution in [-0.2, 0) is 0 Å². The van der Waals surface area contributed by atoms with Crippen molar-refractivity contribution >= 4 is 15.9 Å². The van der Waals surface area contributed by atoms with E-state index in [0.29, 0.717) is 6.04 Å². The van der Waals surface area contributed by atoms with Crippen molar-refractivity contribution in [1.29, 1.82) is 0 Å². The summed E-state index contributed by atoms with van der Waals surface area (Å²) in [4.78, 5) is 0. The fraction of sp³-hybridized carbons (Fsp3) is 0.647. The second kappa shape index (κ2) is 5.78. The first-order valence-electron chi connectivity index (χ1n) is 7.81. The number of hydrazine groups is 1. The van der Waals surface area contributed by atoms with Gasteiger partial charge in [0.2, 0.25) is 0 Å².